The molecule has 1 unspecified atom stereocenters. The van der Waals surface area contributed by atoms with E-state index in [1.165, 1.54) is 4.70 Å². The largest absolute Gasteiger partial charge is 0.598 e. The minimum absolute atomic E-state index is 0.0246. The van der Waals surface area contributed by atoms with E-state index in [0.29, 0.717) is 13.0 Å². The van der Waals surface area contributed by atoms with E-state index in [9.17, 15) is 9.35 Å². The number of nitrogens with one attached hydrogen (secondary N) is 2. The molecule has 2 aromatic rings. The van der Waals surface area contributed by atoms with Gasteiger partial charge in [0.05, 0.1) is 0 Å². The summed E-state index contributed by atoms with van der Waals surface area (Å²) in [7, 11) is 0. The van der Waals surface area contributed by atoms with Crippen LogP contribution >= 0.6 is 11.3 Å². The van der Waals surface area contributed by atoms with Crippen LogP contribution in [0.1, 0.15) is 40.0 Å². The molecule has 0 aliphatic rings. The van der Waals surface area contributed by atoms with Crippen molar-refractivity contribution in [3.8, 4) is 0 Å². The van der Waals surface area contributed by atoms with Crippen LogP contribution in [0.25, 0.3) is 10.1 Å². The van der Waals surface area contributed by atoms with E-state index in [1.54, 1.807) is 11.3 Å². The van der Waals surface area contributed by atoms with E-state index >= 15 is 0 Å². The fraction of sp³-hybridized carbons (Fsp3) is 0.471. The van der Waals surface area contributed by atoms with Crippen molar-refractivity contribution in [2.24, 2.45) is 0 Å². The molecule has 2 N–H and O–H groups in total. The number of thiophene rings is 1. The van der Waals surface area contributed by atoms with Crippen molar-refractivity contribution in [1.29, 1.82) is 0 Å². The van der Waals surface area contributed by atoms with Gasteiger partial charge in [-0.15, -0.1) is 16.1 Å². The molecule has 1 aromatic heterocycles. The summed E-state index contributed by atoms with van der Waals surface area (Å²) in [5, 5.41) is 6.13. The van der Waals surface area contributed by atoms with Crippen molar-refractivity contribution >= 4 is 44.4 Å². The fourth-order valence-electron chi connectivity index (χ4n) is 2.06. The van der Waals surface area contributed by atoms with E-state index in [2.05, 4.69) is 16.1 Å². The number of amides is 1. The van der Waals surface area contributed by atoms with E-state index in [0.717, 1.165) is 23.9 Å². The Hall–Kier alpha value is -1.08. The van der Waals surface area contributed by atoms with Gasteiger partial charge in [-0.2, -0.15) is 0 Å². The molecule has 1 atom stereocenters. The van der Waals surface area contributed by atoms with E-state index < -0.39 is 11.4 Å². The minimum atomic E-state index is -1.04. The third kappa shape index (κ3) is 5.80. The van der Waals surface area contributed by atoms with Crippen LogP contribution in [0.4, 0.5) is 5.69 Å². The van der Waals surface area contributed by atoms with Gasteiger partial charge in [-0.1, -0.05) is 0 Å². The fourth-order valence-corrected chi connectivity index (χ4v) is 3.59. The predicted octanol–water partition coefficient (Wildman–Crippen LogP) is 4.06. The van der Waals surface area contributed by atoms with E-state index in [-0.39, 0.29) is 10.7 Å². The molecule has 23 heavy (non-hydrogen) atoms. The highest BCUT2D eigenvalue weighted by Gasteiger charge is 2.25. The van der Waals surface area contributed by atoms with Gasteiger partial charge < -0.3 is 9.87 Å². The average molecular weight is 353 g/mol. The van der Waals surface area contributed by atoms with E-state index in [1.807, 2.05) is 44.4 Å². The summed E-state index contributed by atoms with van der Waals surface area (Å²) in [6.45, 7) is 6.48. The van der Waals surface area contributed by atoms with Crippen molar-refractivity contribution in [2.75, 3.05) is 11.9 Å². The first-order valence-electron chi connectivity index (χ1n) is 7.79. The zero-order chi connectivity index (χ0) is 16.9. The molecule has 1 aromatic carbocycles. The summed E-state index contributed by atoms with van der Waals surface area (Å²) in [6, 6.07) is 8.01. The maximum Gasteiger partial charge on any atom is 0.224 e. The zero-order valence-corrected chi connectivity index (χ0v) is 15.5. The second-order valence-electron chi connectivity index (χ2n) is 6.45. The molecular formula is C17H24N2O2S2. The first-order chi connectivity index (χ1) is 10.9. The highest BCUT2D eigenvalue weighted by Crippen LogP contribution is 2.24. The Kier molecular flexibility index (Phi) is 6.47. The Morgan fingerprint density at radius 2 is 2.04 bits per heavy atom. The number of rotatable bonds is 7. The minimum Gasteiger partial charge on any atom is -0.598 e. The SMILES string of the molecule is CC(C)(C)[S+]([O-])NCCCCC(=O)Nc1ccc2sccc2c1. The Morgan fingerprint density at radius 1 is 1.26 bits per heavy atom. The number of anilines is 1. The summed E-state index contributed by atoms with van der Waals surface area (Å²) in [5.41, 5.74) is 0.841. The molecular weight excluding hydrogens is 328 g/mol. The lowest BCUT2D eigenvalue weighted by atomic mass is 10.2. The number of hydrogen-bond acceptors (Lipinski definition) is 4. The summed E-state index contributed by atoms with van der Waals surface area (Å²) in [4.78, 5) is 12.0. The number of unbranched alkanes of at least 4 members (excludes halogenated alkanes) is 1. The van der Waals surface area contributed by atoms with Crippen LogP contribution in [0, 0.1) is 0 Å². The predicted molar refractivity (Wildman–Crippen MR) is 100 cm³/mol. The lowest BCUT2D eigenvalue weighted by Gasteiger charge is -2.23. The molecule has 0 aliphatic carbocycles. The topological polar surface area (TPSA) is 64.2 Å². The molecule has 0 fully saturated rings. The molecule has 126 valence electrons. The molecule has 1 amide bonds. The van der Waals surface area contributed by atoms with Crippen molar-refractivity contribution in [1.82, 2.24) is 4.72 Å². The quantitative estimate of drug-likeness (QED) is 0.583. The maximum absolute atomic E-state index is 12.0. The van der Waals surface area contributed by atoms with Gasteiger partial charge in [-0.25, -0.2) is 0 Å². The molecule has 0 spiro atoms. The van der Waals surface area contributed by atoms with Crippen LogP contribution in [0.3, 0.4) is 0 Å². The van der Waals surface area contributed by atoms with Crippen molar-refractivity contribution < 1.29 is 9.35 Å². The maximum atomic E-state index is 12.0. The normalized spacial score (nSPS) is 13.2. The molecule has 6 heteroatoms. The highest BCUT2D eigenvalue weighted by molar-refractivity contribution is 7.90. The Morgan fingerprint density at radius 3 is 2.78 bits per heavy atom. The van der Waals surface area contributed by atoms with E-state index in [4.69, 9.17) is 0 Å². The summed E-state index contributed by atoms with van der Waals surface area (Å²) >= 11 is 0.652. The molecule has 0 bridgehead atoms. The van der Waals surface area contributed by atoms with Gasteiger partial charge >= 0.3 is 0 Å². The highest BCUT2D eigenvalue weighted by atomic mass is 32.2. The van der Waals surface area contributed by atoms with Crippen molar-refractivity contribution in [3.63, 3.8) is 0 Å². The summed E-state index contributed by atoms with van der Waals surface area (Å²) in [6.07, 6.45) is 2.09. The summed E-state index contributed by atoms with van der Waals surface area (Å²) < 4.78 is 15.8. The number of fused-ring (bicyclic) bond motifs is 1. The van der Waals surface area contributed by atoms with Gasteiger partial charge in [-0.05, 0) is 68.6 Å². The molecule has 1 heterocycles. The monoisotopic (exact) mass is 352 g/mol. The summed E-state index contributed by atoms with van der Waals surface area (Å²) in [5.74, 6) is 0.0246. The molecule has 0 aliphatic heterocycles. The van der Waals surface area contributed by atoms with Gasteiger partial charge in [0.25, 0.3) is 0 Å². The van der Waals surface area contributed by atoms with Crippen molar-refractivity contribution in [3.05, 3.63) is 29.6 Å². The lowest BCUT2D eigenvalue weighted by molar-refractivity contribution is -0.116. The zero-order valence-electron chi connectivity index (χ0n) is 13.8. The first kappa shape index (κ1) is 18.3. The second-order valence-corrected chi connectivity index (χ2v) is 9.45. The van der Waals surface area contributed by atoms with Crippen molar-refractivity contribution in [2.45, 2.75) is 44.8 Å². The van der Waals surface area contributed by atoms with Crippen LogP contribution in [-0.4, -0.2) is 21.8 Å². The Bertz CT molecular complexity index is 649. The smallest absolute Gasteiger partial charge is 0.224 e. The second kappa shape index (κ2) is 8.15. The van der Waals surface area contributed by atoms with Crippen LogP contribution in [0.5, 0.6) is 0 Å². The number of carbonyl (C=O) groups is 1. The van der Waals surface area contributed by atoms with Gasteiger partial charge in [-0.3, -0.25) is 4.79 Å². The van der Waals surface area contributed by atoms with Crippen LogP contribution in [-0.2, 0) is 16.2 Å². The van der Waals surface area contributed by atoms with Crippen LogP contribution in [0.2, 0.25) is 0 Å². The van der Waals surface area contributed by atoms with Gasteiger partial charge in [0, 0.05) is 34.7 Å². The standard InChI is InChI=1S/C17H24N2O2S2/c1-17(2,3)23(21)18-10-5-4-6-16(20)19-14-7-8-15-13(12-14)9-11-22-15/h7-9,11-12,18H,4-6,10H2,1-3H3,(H,19,20). The molecule has 0 saturated carbocycles. The third-order valence-electron chi connectivity index (χ3n) is 3.36. The molecule has 0 saturated heterocycles. The van der Waals surface area contributed by atoms with Crippen LogP contribution in [0.15, 0.2) is 29.6 Å². The lowest BCUT2D eigenvalue weighted by Crippen LogP contribution is -2.39. The molecule has 2 rings (SSSR count). The van der Waals surface area contributed by atoms with Gasteiger partial charge in [0.15, 0.2) is 0 Å². The first-order valence-corrected chi connectivity index (χ1v) is 9.82. The number of benzene rings is 1. The van der Waals surface area contributed by atoms with Gasteiger partial charge in [0.1, 0.15) is 4.75 Å². The molecule has 0 radical (unpaired) electrons. The number of carbonyl (C=O) groups excluding carboxylic acids is 1. The van der Waals surface area contributed by atoms with Gasteiger partial charge in [0.2, 0.25) is 5.91 Å². The molecule has 4 nitrogen and oxygen atoms in total. The average Bonchev–Trinajstić information content (AvgIpc) is 2.93. The third-order valence-corrected chi connectivity index (χ3v) is 5.83. The Balaban J connectivity index is 1.67. The Labute approximate surface area is 145 Å². The number of hydrogen-bond donors (Lipinski definition) is 2. The van der Waals surface area contributed by atoms with Crippen LogP contribution < -0.4 is 10.0 Å².